The van der Waals surface area contributed by atoms with Crippen molar-refractivity contribution in [3.63, 3.8) is 0 Å². The maximum Gasteiger partial charge on any atom is 0.305 e. The van der Waals surface area contributed by atoms with E-state index in [2.05, 4.69) is 37.5 Å². The van der Waals surface area contributed by atoms with Gasteiger partial charge in [0.05, 0.1) is 6.42 Å². The third-order valence-electron chi connectivity index (χ3n) is 10.0. The van der Waals surface area contributed by atoms with Crippen LogP contribution >= 0.6 is 0 Å². The number of aliphatic carboxylic acids is 1. The minimum Gasteiger partial charge on any atom is -0.481 e. The zero-order valence-electron chi connectivity index (χ0n) is 35.0. The smallest absolute Gasteiger partial charge is 0.305 e. The molecule has 3 rings (SSSR count). The van der Waals surface area contributed by atoms with E-state index >= 15 is 0 Å². The number of benzene rings is 2. The predicted octanol–water partition coefficient (Wildman–Crippen LogP) is 1.59. The first-order valence-electron chi connectivity index (χ1n) is 20.4. The molecule has 5 atom stereocenters. The molecule has 328 valence electrons. The van der Waals surface area contributed by atoms with Crippen molar-refractivity contribution in [1.82, 2.24) is 36.5 Å². The van der Waals surface area contributed by atoms with Crippen molar-refractivity contribution in [2.75, 3.05) is 13.6 Å². The summed E-state index contributed by atoms with van der Waals surface area (Å²) in [6, 6.07) is 9.70. The van der Waals surface area contributed by atoms with Crippen LogP contribution in [-0.4, -0.2) is 106 Å². The Morgan fingerprint density at radius 1 is 0.803 bits per heavy atom. The molecule has 0 spiro atoms. The molecular formula is C44H58N8O9. The van der Waals surface area contributed by atoms with E-state index in [0.717, 1.165) is 10.9 Å². The standard InChI is InChI=1S/C44H58N8O9/c1-5-7-21-37(43(60)50-35(26-39(55)56)42(59)49-34(40(45)57)24-29-16-10-9-11-17-29)52(4)44(61)36(25-30-27-47-32-19-13-12-18-31(30)32)51-41(58)33(48-28(3)53)20-14-15-23-46-38(54)22-8-6-2/h2,9-13,16-19,27,33-37,47H,5,7-8,14-15,20-26H2,1,3-4H3,(H2,45,57)(H,46,54)(H,48,53)(H,49,59)(H,50,60)(H,51,58)(H,55,56)/t33-,34-,35-,36-,37-/m0/s1. The van der Waals surface area contributed by atoms with E-state index in [1.165, 1.54) is 18.9 Å². The van der Waals surface area contributed by atoms with Crippen LogP contribution in [0.15, 0.2) is 60.8 Å². The van der Waals surface area contributed by atoms with Crippen LogP contribution in [0.5, 0.6) is 0 Å². The average Bonchev–Trinajstić information content (AvgIpc) is 3.63. The molecule has 0 saturated heterocycles. The fourth-order valence-corrected chi connectivity index (χ4v) is 6.78. The second-order valence-corrected chi connectivity index (χ2v) is 14.8. The number of carboxylic acid groups (broad SMARTS) is 1. The Morgan fingerprint density at radius 2 is 1.46 bits per heavy atom. The summed E-state index contributed by atoms with van der Waals surface area (Å²) in [5.74, 6) is -3.64. The summed E-state index contributed by atoms with van der Waals surface area (Å²) in [4.78, 5) is 109. The lowest BCUT2D eigenvalue weighted by atomic mass is 10.0. The third-order valence-corrected chi connectivity index (χ3v) is 10.0. The molecule has 17 heteroatoms. The van der Waals surface area contributed by atoms with Crippen LogP contribution in [0.1, 0.15) is 82.8 Å². The van der Waals surface area contributed by atoms with Gasteiger partial charge in [0.1, 0.15) is 30.2 Å². The van der Waals surface area contributed by atoms with Crippen molar-refractivity contribution in [2.45, 2.75) is 115 Å². The minimum absolute atomic E-state index is 0.0164. The summed E-state index contributed by atoms with van der Waals surface area (Å²) in [6.45, 7) is 3.48. The van der Waals surface area contributed by atoms with Crippen LogP contribution in [0, 0.1) is 12.3 Å². The molecule has 9 N–H and O–H groups in total. The molecule has 0 radical (unpaired) electrons. The number of terminal acetylenes is 1. The van der Waals surface area contributed by atoms with Gasteiger partial charge in [-0.25, -0.2) is 0 Å². The van der Waals surface area contributed by atoms with Gasteiger partial charge in [-0.3, -0.25) is 38.4 Å². The van der Waals surface area contributed by atoms with Gasteiger partial charge in [-0.1, -0.05) is 68.3 Å². The predicted molar refractivity (Wildman–Crippen MR) is 228 cm³/mol. The number of amides is 7. The SMILES string of the molecule is C#CCCC(=O)NCCCC[C@H](NC(C)=O)C(=O)N[C@@H](Cc1c[nH]c2ccccc12)C(=O)N(C)[C@@H](CCCC)C(=O)N[C@@H](CC(=O)O)C(=O)N[C@@H](Cc1ccccc1)C(N)=O. The van der Waals surface area contributed by atoms with Gasteiger partial charge < -0.3 is 47.3 Å². The molecule has 0 aliphatic rings. The first kappa shape index (κ1) is 48.7. The highest BCUT2D eigenvalue weighted by Gasteiger charge is 2.36. The number of likely N-dealkylation sites (N-methyl/N-ethyl adjacent to an activating group) is 1. The molecule has 0 fully saturated rings. The van der Waals surface area contributed by atoms with Crippen LogP contribution in [0.4, 0.5) is 0 Å². The van der Waals surface area contributed by atoms with Crippen LogP contribution in [0.2, 0.25) is 0 Å². The van der Waals surface area contributed by atoms with Crippen LogP contribution in [0.3, 0.4) is 0 Å². The monoisotopic (exact) mass is 842 g/mol. The molecule has 0 aliphatic heterocycles. The van der Waals surface area contributed by atoms with Crippen LogP contribution in [-0.2, 0) is 51.2 Å². The number of carboxylic acids is 1. The van der Waals surface area contributed by atoms with E-state index in [0.29, 0.717) is 49.8 Å². The molecule has 61 heavy (non-hydrogen) atoms. The summed E-state index contributed by atoms with van der Waals surface area (Å²) < 4.78 is 0. The number of hydrogen-bond donors (Lipinski definition) is 8. The molecule has 2 aromatic carbocycles. The van der Waals surface area contributed by atoms with Gasteiger partial charge >= 0.3 is 5.97 Å². The Balaban J connectivity index is 1.88. The molecule has 0 aliphatic carbocycles. The topological polar surface area (TPSA) is 262 Å². The Hall–Kier alpha value is -6.70. The van der Waals surface area contributed by atoms with E-state index in [9.17, 15) is 43.5 Å². The number of aromatic nitrogens is 1. The first-order valence-corrected chi connectivity index (χ1v) is 20.4. The number of nitrogens with zero attached hydrogens (tertiary/aromatic N) is 1. The maximum atomic E-state index is 14.6. The number of hydrogen-bond acceptors (Lipinski definition) is 8. The van der Waals surface area contributed by atoms with E-state index in [1.54, 1.807) is 36.5 Å². The number of H-pyrrole nitrogens is 1. The summed E-state index contributed by atoms with van der Waals surface area (Å²) in [7, 11) is 1.38. The van der Waals surface area contributed by atoms with Crippen molar-refractivity contribution in [1.29, 1.82) is 0 Å². The minimum atomic E-state index is -1.65. The van der Waals surface area contributed by atoms with Crippen molar-refractivity contribution in [3.05, 3.63) is 71.9 Å². The molecule has 7 amide bonds. The number of nitrogens with one attached hydrogen (secondary N) is 6. The Kier molecular flexibility index (Phi) is 20.0. The van der Waals surface area contributed by atoms with Gasteiger partial charge in [-0.15, -0.1) is 12.3 Å². The van der Waals surface area contributed by atoms with E-state index in [1.807, 2.05) is 31.2 Å². The number of aromatic amines is 1. The van der Waals surface area contributed by atoms with Gasteiger partial charge in [-0.05, 0) is 42.9 Å². The summed E-state index contributed by atoms with van der Waals surface area (Å²) in [5.41, 5.74) is 7.74. The summed E-state index contributed by atoms with van der Waals surface area (Å²) >= 11 is 0. The highest BCUT2D eigenvalue weighted by atomic mass is 16.4. The van der Waals surface area contributed by atoms with Gasteiger partial charge in [0.2, 0.25) is 41.4 Å². The van der Waals surface area contributed by atoms with Crippen molar-refractivity contribution < 1.29 is 43.5 Å². The highest BCUT2D eigenvalue weighted by Crippen LogP contribution is 2.21. The highest BCUT2D eigenvalue weighted by molar-refractivity contribution is 5.97. The zero-order valence-corrected chi connectivity index (χ0v) is 35.0. The fourth-order valence-electron chi connectivity index (χ4n) is 6.78. The van der Waals surface area contributed by atoms with Crippen molar-refractivity contribution in [2.24, 2.45) is 5.73 Å². The van der Waals surface area contributed by atoms with Gasteiger partial charge in [0, 0.05) is 63.3 Å². The molecule has 3 aromatic rings. The lowest BCUT2D eigenvalue weighted by Crippen LogP contribution is -2.60. The zero-order chi connectivity index (χ0) is 44.9. The molecule has 0 unspecified atom stereocenters. The molecule has 0 saturated carbocycles. The quantitative estimate of drug-likeness (QED) is 0.0431. The van der Waals surface area contributed by atoms with Crippen LogP contribution < -0.4 is 32.3 Å². The van der Waals surface area contributed by atoms with E-state index in [4.69, 9.17) is 12.2 Å². The van der Waals surface area contributed by atoms with Crippen molar-refractivity contribution >= 4 is 58.2 Å². The van der Waals surface area contributed by atoms with Gasteiger partial charge in [0.25, 0.3) is 0 Å². The fraction of sp³-hybridized carbons (Fsp3) is 0.455. The normalized spacial score (nSPS) is 13.3. The Morgan fingerprint density at radius 3 is 2.11 bits per heavy atom. The van der Waals surface area contributed by atoms with Gasteiger partial charge in [-0.2, -0.15) is 0 Å². The second kappa shape index (κ2) is 25.0. The maximum absolute atomic E-state index is 14.6. The van der Waals surface area contributed by atoms with Crippen molar-refractivity contribution in [3.8, 4) is 12.3 Å². The van der Waals surface area contributed by atoms with E-state index in [-0.39, 0.29) is 38.0 Å². The number of nitrogens with two attached hydrogens (primary N) is 1. The number of para-hydroxylation sites is 1. The Labute approximate surface area is 355 Å². The lowest BCUT2D eigenvalue weighted by Gasteiger charge is -2.32. The summed E-state index contributed by atoms with van der Waals surface area (Å²) in [5, 5.41) is 23.7. The number of fused-ring (bicyclic) bond motifs is 1. The average molecular weight is 843 g/mol. The second-order valence-electron chi connectivity index (χ2n) is 14.8. The molecule has 1 heterocycles. The first-order chi connectivity index (χ1) is 29.1. The number of carbonyl (C=O) groups excluding carboxylic acids is 7. The van der Waals surface area contributed by atoms with E-state index < -0.39 is 78.0 Å². The third kappa shape index (κ3) is 16.1. The molecule has 1 aromatic heterocycles. The van der Waals surface area contributed by atoms with Crippen LogP contribution in [0.25, 0.3) is 10.9 Å². The largest absolute Gasteiger partial charge is 0.481 e. The number of primary amides is 1. The number of rotatable bonds is 26. The molecular weight excluding hydrogens is 785 g/mol. The van der Waals surface area contributed by atoms with Gasteiger partial charge in [0.15, 0.2) is 0 Å². The Bertz CT molecular complexity index is 2030. The number of unbranched alkanes of at least 4 members (excludes halogenated alkanes) is 2. The summed E-state index contributed by atoms with van der Waals surface area (Å²) in [6.07, 6.45) is 8.92. The molecule has 17 nitrogen and oxygen atoms in total. The molecule has 0 bridgehead atoms. The number of carbonyl (C=O) groups is 8. The lowest BCUT2D eigenvalue weighted by molar-refractivity contribution is -0.144.